The maximum absolute atomic E-state index is 12.7. The number of fused-ring (bicyclic) bond motifs is 1. The van der Waals surface area contributed by atoms with Gasteiger partial charge in [-0.3, -0.25) is 9.59 Å². The van der Waals surface area contributed by atoms with E-state index < -0.39 is 5.97 Å². The summed E-state index contributed by atoms with van der Waals surface area (Å²) in [4.78, 5) is 23.6. The summed E-state index contributed by atoms with van der Waals surface area (Å²) in [6, 6.07) is 7.97. The van der Waals surface area contributed by atoms with Crippen molar-refractivity contribution >= 4 is 11.9 Å². The van der Waals surface area contributed by atoms with Crippen molar-refractivity contribution in [1.29, 1.82) is 0 Å². The van der Waals surface area contributed by atoms with Gasteiger partial charge in [-0.1, -0.05) is 18.2 Å². The van der Waals surface area contributed by atoms with Gasteiger partial charge < -0.3 is 10.4 Å². The Hall–Kier alpha value is -2.63. The molecular formula is C19H21N3O3. The summed E-state index contributed by atoms with van der Waals surface area (Å²) >= 11 is 0. The lowest BCUT2D eigenvalue weighted by Crippen LogP contribution is -2.47. The minimum Gasteiger partial charge on any atom is -0.481 e. The maximum Gasteiger partial charge on any atom is 0.306 e. The molecule has 2 aromatic rings. The summed E-state index contributed by atoms with van der Waals surface area (Å²) in [6.45, 7) is 2.04. The molecule has 0 aliphatic heterocycles. The normalized spacial score (nSPS) is 21.5. The SMILES string of the molecule is Cc1ccccc1-n1nc(C(=O)NC2CC(C(=O)O)C2)c2c1CCC2. The van der Waals surface area contributed by atoms with Crippen LogP contribution in [0.5, 0.6) is 0 Å². The van der Waals surface area contributed by atoms with Crippen molar-refractivity contribution in [2.45, 2.75) is 45.1 Å². The fourth-order valence-corrected chi connectivity index (χ4v) is 3.81. The van der Waals surface area contributed by atoms with Crippen molar-refractivity contribution in [2.75, 3.05) is 0 Å². The van der Waals surface area contributed by atoms with Crippen LogP contribution < -0.4 is 5.32 Å². The number of carbonyl (C=O) groups excluding carboxylic acids is 1. The molecule has 0 spiro atoms. The van der Waals surface area contributed by atoms with Crippen LogP contribution in [0.4, 0.5) is 0 Å². The number of carboxylic acids is 1. The van der Waals surface area contributed by atoms with E-state index in [1.807, 2.05) is 35.9 Å². The van der Waals surface area contributed by atoms with Crippen molar-refractivity contribution < 1.29 is 14.7 Å². The summed E-state index contributed by atoms with van der Waals surface area (Å²) < 4.78 is 1.91. The molecule has 2 aliphatic carbocycles. The Labute approximate surface area is 145 Å². The largest absolute Gasteiger partial charge is 0.481 e. The van der Waals surface area contributed by atoms with Crippen LogP contribution in [0.15, 0.2) is 24.3 Å². The van der Waals surface area contributed by atoms with Crippen LogP contribution in [0.25, 0.3) is 5.69 Å². The van der Waals surface area contributed by atoms with Crippen LogP contribution in [-0.4, -0.2) is 32.8 Å². The molecule has 1 aromatic heterocycles. The molecule has 1 saturated carbocycles. The van der Waals surface area contributed by atoms with E-state index in [1.54, 1.807) is 0 Å². The molecule has 6 nitrogen and oxygen atoms in total. The molecule has 1 aromatic carbocycles. The molecular weight excluding hydrogens is 318 g/mol. The van der Waals surface area contributed by atoms with Crippen molar-refractivity contribution in [3.05, 3.63) is 46.8 Å². The predicted molar refractivity (Wildman–Crippen MR) is 91.9 cm³/mol. The van der Waals surface area contributed by atoms with E-state index in [0.717, 1.165) is 41.8 Å². The minimum absolute atomic E-state index is 0.0609. The first kappa shape index (κ1) is 15.9. The monoisotopic (exact) mass is 339 g/mol. The second-order valence-corrected chi connectivity index (χ2v) is 7.00. The van der Waals surface area contributed by atoms with Crippen molar-refractivity contribution in [1.82, 2.24) is 15.1 Å². The third-order valence-electron chi connectivity index (χ3n) is 5.31. The molecule has 6 heteroatoms. The number of aromatic nitrogens is 2. The number of carbonyl (C=O) groups is 2. The molecule has 25 heavy (non-hydrogen) atoms. The molecule has 1 fully saturated rings. The number of carboxylic acid groups (broad SMARTS) is 1. The Morgan fingerprint density at radius 1 is 1.24 bits per heavy atom. The Bertz CT molecular complexity index is 850. The van der Waals surface area contributed by atoms with Gasteiger partial charge >= 0.3 is 5.97 Å². The predicted octanol–water partition coefficient (Wildman–Crippen LogP) is 2.26. The van der Waals surface area contributed by atoms with E-state index >= 15 is 0 Å². The lowest BCUT2D eigenvalue weighted by Gasteiger charge is -2.32. The first-order chi connectivity index (χ1) is 12.0. The van der Waals surface area contributed by atoms with Gasteiger partial charge in [0.2, 0.25) is 0 Å². The van der Waals surface area contributed by atoms with E-state index in [4.69, 9.17) is 5.11 Å². The van der Waals surface area contributed by atoms with Crippen molar-refractivity contribution in [3.8, 4) is 5.69 Å². The topological polar surface area (TPSA) is 84.2 Å². The molecule has 0 unspecified atom stereocenters. The summed E-state index contributed by atoms with van der Waals surface area (Å²) in [7, 11) is 0. The van der Waals surface area contributed by atoms with E-state index in [0.29, 0.717) is 18.5 Å². The molecule has 4 rings (SSSR count). The molecule has 1 heterocycles. The fraction of sp³-hybridized carbons (Fsp3) is 0.421. The summed E-state index contributed by atoms with van der Waals surface area (Å²) in [5, 5.41) is 16.5. The molecule has 0 radical (unpaired) electrons. The van der Waals surface area contributed by atoms with Crippen molar-refractivity contribution in [3.63, 3.8) is 0 Å². The number of hydrogen-bond acceptors (Lipinski definition) is 3. The highest BCUT2D eigenvalue weighted by atomic mass is 16.4. The average Bonchev–Trinajstić information content (AvgIpc) is 3.12. The van der Waals surface area contributed by atoms with Gasteiger partial charge in [0, 0.05) is 17.3 Å². The third-order valence-corrected chi connectivity index (χ3v) is 5.31. The second-order valence-electron chi connectivity index (χ2n) is 7.00. The van der Waals surface area contributed by atoms with Gasteiger partial charge in [0.25, 0.3) is 5.91 Å². The highest BCUT2D eigenvalue weighted by Crippen LogP contribution is 2.31. The van der Waals surface area contributed by atoms with Crippen LogP contribution in [0.3, 0.4) is 0 Å². The van der Waals surface area contributed by atoms with Crippen LogP contribution >= 0.6 is 0 Å². The quantitative estimate of drug-likeness (QED) is 0.895. The summed E-state index contributed by atoms with van der Waals surface area (Å²) in [6.07, 6.45) is 3.83. The zero-order valence-electron chi connectivity index (χ0n) is 14.2. The molecule has 1 amide bonds. The van der Waals surface area contributed by atoms with Gasteiger partial charge in [-0.25, -0.2) is 4.68 Å². The van der Waals surface area contributed by atoms with E-state index in [2.05, 4.69) is 10.4 Å². The number of amides is 1. The number of para-hydroxylation sites is 1. The molecule has 0 saturated heterocycles. The molecule has 2 N–H and O–H groups in total. The zero-order valence-corrected chi connectivity index (χ0v) is 14.2. The van der Waals surface area contributed by atoms with Crippen LogP contribution in [0.2, 0.25) is 0 Å². The summed E-state index contributed by atoms with van der Waals surface area (Å²) in [5.41, 5.74) is 4.78. The number of aliphatic carboxylic acids is 1. The van der Waals surface area contributed by atoms with Gasteiger partial charge in [0.15, 0.2) is 5.69 Å². The lowest BCUT2D eigenvalue weighted by atomic mass is 9.80. The minimum atomic E-state index is -0.782. The third kappa shape index (κ3) is 2.71. The van der Waals surface area contributed by atoms with Crippen LogP contribution in [0, 0.1) is 12.8 Å². The standard InChI is InChI=1S/C19H21N3O3/c1-11-5-2-3-7-15(11)22-16-8-4-6-14(16)17(21-22)18(23)20-13-9-12(10-13)19(24)25/h2-3,5,7,12-13H,4,6,8-10H2,1H3,(H,20,23)(H,24,25). The molecule has 0 atom stereocenters. The van der Waals surface area contributed by atoms with Gasteiger partial charge in [0.1, 0.15) is 0 Å². The number of rotatable bonds is 4. The van der Waals surface area contributed by atoms with Gasteiger partial charge in [0.05, 0.1) is 11.6 Å². The number of benzene rings is 1. The maximum atomic E-state index is 12.7. The fourth-order valence-electron chi connectivity index (χ4n) is 3.81. The first-order valence-electron chi connectivity index (χ1n) is 8.75. The highest BCUT2D eigenvalue weighted by molar-refractivity contribution is 5.94. The first-order valence-corrected chi connectivity index (χ1v) is 8.75. The van der Waals surface area contributed by atoms with E-state index in [9.17, 15) is 9.59 Å². The summed E-state index contributed by atoms with van der Waals surface area (Å²) in [5.74, 6) is -1.30. The number of hydrogen-bond donors (Lipinski definition) is 2. The Morgan fingerprint density at radius 2 is 2.00 bits per heavy atom. The van der Waals surface area contributed by atoms with Gasteiger partial charge in [-0.05, 0) is 50.7 Å². The Balaban J connectivity index is 1.59. The zero-order chi connectivity index (χ0) is 17.6. The Kier molecular flexibility index (Phi) is 3.82. The highest BCUT2D eigenvalue weighted by Gasteiger charge is 2.36. The molecule has 2 aliphatic rings. The van der Waals surface area contributed by atoms with Crippen LogP contribution in [-0.2, 0) is 17.6 Å². The smallest absolute Gasteiger partial charge is 0.306 e. The van der Waals surface area contributed by atoms with Gasteiger partial charge in [-0.15, -0.1) is 0 Å². The average molecular weight is 339 g/mol. The number of aryl methyl sites for hydroxylation is 1. The molecule has 0 bridgehead atoms. The van der Waals surface area contributed by atoms with Crippen LogP contribution in [0.1, 0.15) is 46.6 Å². The van der Waals surface area contributed by atoms with Crippen molar-refractivity contribution in [2.24, 2.45) is 5.92 Å². The number of nitrogens with one attached hydrogen (secondary N) is 1. The van der Waals surface area contributed by atoms with E-state index in [-0.39, 0.29) is 17.9 Å². The Morgan fingerprint density at radius 3 is 2.72 bits per heavy atom. The van der Waals surface area contributed by atoms with Gasteiger partial charge in [-0.2, -0.15) is 5.10 Å². The second kappa shape index (κ2) is 6.02. The molecule has 130 valence electrons. The number of nitrogens with zero attached hydrogens (tertiary/aromatic N) is 2. The lowest BCUT2D eigenvalue weighted by molar-refractivity contribution is -0.145. The van der Waals surface area contributed by atoms with E-state index in [1.165, 1.54) is 0 Å².